The first-order valence-corrected chi connectivity index (χ1v) is 8.45. The maximum Gasteiger partial charge on any atom is 0.218 e. The van der Waals surface area contributed by atoms with Crippen LogP contribution in [0.3, 0.4) is 0 Å². The molecule has 1 aromatic carbocycles. The molecule has 0 spiro atoms. The van der Waals surface area contributed by atoms with E-state index in [4.69, 9.17) is 0 Å². The molecule has 5 nitrogen and oxygen atoms in total. The first-order chi connectivity index (χ1) is 9.78. The van der Waals surface area contributed by atoms with Crippen LogP contribution in [-0.4, -0.2) is 62.1 Å². The van der Waals surface area contributed by atoms with Crippen LogP contribution in [0.1, 0.15) is 12.0 Å². The SMILES string of the molecule is CN(C)CC1CC(O)CN1S(=O)(=O)Cc1ccc(F)cc1. The van der Waals surface area contributed by atoms with Gasteiger partial charge in [-0.25, -0.2) is 12.8 Å². The minimum absolute atomic E-state index is 0.127. The summed E-state index contributed by atoms with van der Waals surface area (Å²) in [6.45, 7) is 0.696. The Kier molecular flexibility index (Phi) is 4.98. The van der Waals surface area contributed by atoms with Gasteiger partial charge >= 0.3 is 0 Å². The molecule has 1 aliphatic rings. The molecular weight excluding hydrogens is 295 g/mol. The van der Waals surface area contributed by atoms with E-state index in [0.717, 1.165) is 0 Å². The molecule has 0 saturated carbocycles. The quantitative estimate of drug-likeness (QED) is 0.866. The van der Waals surface area contributed by atoms with Crippen LogP contribution in [0.15, 0.2) is 24.3 Å². The third-order valence-electron chi connectivity index (χ3n) is 3.54. The van der Waals surface area contributed by atoms with E-state index in [9.17, 15) is 17.9 Å². The highest BCUT2D eigenvalue weighted by Crippen LogP contribution is 2.24. The van der Waals surface area contributed by atoms with Crippen molar-refractivity contribution in [2.24, 2.45) is 0 Å². The number of nitrogens with zero attached hydrogens (tertiary/aromatic N) is 2. The number of hydrogen-bond donors (Lipinski definition) is 1. The molecule has 1 aromatic rings. The first kappa shape index (κ1) is 16.4. The van der Waals surface area contributed by atoms with Gasteiger partial charge in [-0.2, -0.15) is 4.31 Å². The van der Waals surface area contributed by atoms with Gasteiger partial charge in [-0.15, -0.1) is 0 Å². The molecule has 2 atom stereocenters. The second kappa shape index (κ2) is 6.39. The van der Waals surface area contributed by atoms with E-state index in [1.807, 2.05) is 19.0 Å². The highest BCUT2D eigenvalue weighted by Gasteiger charge is 2.38. The van der Waals surface area contributed by atoms with Crippen LogP contribution < -0.4 is 0 Å². The minimum Gasteiger partial charge on any atom is -0.392 e. The molecule has 1 N–H and O–H groups in total. The van der Waals surface area contributed by atoms with Crippen molar-refractivity contribution in [2.75, 3.05) is 27.2 Å². The molecule has 2 unspecified atom stereocenters. The number of aliphatic hydroxyl groups excluding tert-OH is 1. The largest absolute Gasteiger partial charge is 0.392 e. The number of benzene rings is 1. The van der Waals surface area contributed by atoms with Crippen LogP contribution in [0.25, 0.3) is 0 Å². The van der Waals surface area contributed by atoms with Crippen molar-refractivity contribution in [3.8, 4) is 0 Å². The predicted molar refractivity (Wildman–Crippen MR) is 78.7 cm³/mol. The lowest BCUT2D eigenvalue weighted by Crippen LogP contribution is -2.41. The summed E-state index contributed by atoms with van der Waals surface area (Å²) in [4.78, 5) is 1.91. The van der Waals surface area contributed by atoms with Crippen molar-refractivity contribution in [3.63, 3.8) is 0 Å². The molecule has 0 aliphatic carbocycles. The van der Waals surface area contributed by atoms with E-state index >= 15 is 0 Å². The number of rotatable bonds is 5. The number of aliphatic hydroxyl groups is 1. The highest BCUT2D eigenvalue weighted by atomic mass is 32.2. The minimum atomic E-state index is -3.53. The molecule has 0 bridgehead atoms. The first-order valence-electron chi connectivity index (χ1n) is 6.84. The van der Waals surface area contributed by atoms with E-state index in [0.29, 0.717) is 18.5 Å². The lowest BCUT2D eigenvalue weighted by Gasteiger charge is -2.26. The van der Waals surface area contributed by atoms with E-state index in [1.54, 1.807) is 0 Å². The van der Waals surface area contributed by atoms with Crippen molar-refractivity contribution in [3.05, 3.63) is 35.6 Å². The van der Waals surface area contributed by atoms with Gasteiger partial charge in [0.25, 0.3) is 0 Å². The smallest absolute Gasteiger partial charge is 0.218 e. The number of likely N-dealkylation sites (N-methyl/N-ethyl adjacent to an activating group) is 1. The zero-order valence-electron chi connectivity index (χ0n) is 12.2. The molecular formula is C14H21FN2O3S. The van der Waals surface area contributed by atoms with Gasteiger partial charge in [0.05, 0.1) is 11.9 Å². The average Bonchev–Trinajstić information content (AvgIpc) is 2.73. The molecule has 1 saturated heterocycles. The van der Waals surface area contributed by atoms with Crippen molar-refractivity contribution < 1.29 is 17.9 Å². The topological polar surface area (TPSA) is 60.9 Å². The zero-order chi connectivity index (χ0) is 15.6. The highest BCUT2D eigenvalue weighted by molar-refractivity contribution is 7.88. The standard InChI is InChI=1S/C14H21FN2O3S/c1-16(2)8-13-7-14(18)9-17(13)21(19,20)10-11-3-5-12(15)6-4-11/h3-6,13-14,18H,7-10H2,1-2H3. The molecule has 118 valence electrons. The normalized spacial score (nSPS) is 23.9. The molecule has 1 heterocycles. The number of sulfonamides is 1. The van der Waals surface area contributed by atoms with E-state index in [2.05, 4.69) is 0 Å². The molecule has 1 fully saturated rings. The molecule has 1 aliphatic heterocycles. The summed E-state index contributed by atoms with van der Waals surface area (Å²) < 4.78 is 39.3. The molecule has 21 heavy (non-hydrogen) atoms. The van der Waals surface area contributed by atoms with Crippen molar-refractivity contribution >= 4 is 10.0 Å². The predicted octanol–water partition coefficient (Wildman–Crippen LogP) is 0.652. The van der Waals surface area contributed by atoms with Crippen LogP contribution >= 0.6 is 0 Å². The maximum absolute atomic E-state index is 12.9. The molecule has 0 amide bonds. The van der Waals surface area contributed by atoms with Crippen molar-refractivity contribution in [1.82, 2.24) is 9.21 Å². The van der Waals surface area contributed by atoms with Crippen LogP contribution in [0.5, 0.6) is 0 Å². The Labute approximate surface area is 125 Å². The molecule has 0 radical (unpaired) electrons. The molecule has 0 aromatic heterocycles. The van der Waals surface area contributed by atoms with Crippen molar-refractivity contribution in [1.29, 1.82) is 0 Å². The molecule has 2 rings (SSSR count). The van der Waals surface area contributed by atoms with Gasteiger partial charge in [-0.3, -0.25) is 0 Å². The summed E-state index contributed by atoms with van der Waals surface area (Å²) in [6.07, 6.45) is -0.182. The van der Waals surface area contributed by atoms with Gasteiger partial charge in [-0.05, 0) is 38.2 Å². The van der Waals surface area contributed by atoms with E-state index in [-0.39, 0.29) is 18.3 Å². The lowest BCUT2D eigenvalue weighted by molar-refractivity contribution is 0.188. The fourth-order valence-electron chi connectivity index (χ4n) is 2.66. The van der Waals surface area contributed by atoms with Crippen LogP contribution in [0.2, 0.25) is 0 Å². The Morgan fingerprint density at radius 2 is 1.95 bits per heavy atom. The Hall–Kier alpha value is -1.02. The monoisotopic (exact) mass is 316 g/mol. The second-order valence-electron chi connectivity index (χ2n) is 5.76. The summed E-state index contributed by atoms with van der Waals surface area (Å²) >= 11 is 0. The second-order valence-corrected chi connectivity index (χ2v) is 7.68. The van der Waals surface area contributed by atoms with Crippen molar-refractivity contribution in [2.45, 2.75) is 24.3 Å². The van der Waals surface area contributed by atoms with Crippen LogP contribution in [0, 0.1) is 5.82 Å². The van der Waals surface area contributed by atoms with Gasteiger partial charge in [0.2, 0.25) is 10.0 Å². The summed E-state index contributed by atoms with van der Waals surface area (Å²) in [5, 5.41) is 9.77. The third-order valence-corrected chi connectivity index (χ3v) is 5.40. The third kappa shape index (κ3) is 4.23. The van der Waals surface area contributed by atoms with Crippen LogP contribution in [0.4, 0.5) is 4.39 Å². The van der Waals surface area contributed by atoms with Gasteiger partial charge in [0, 0.05) is 19.1 Å². The van der Waals surface area contributed by atoms with Crippen LogP contribution in [-0.2, 0) is 15.8 Å². The number of β-amino-alcohol motifs (C(OH)–C–C–N with tert-alkyl or cyclic N) is 1. The van der Waals surface area contributed by atoms with Gasteiger partial charge in [0.1, 0.15) is 5.82 Å². The summed E-state index contributed by atoms with van der Waals surface area (Å²) in [6, 6.07) is 5.23. The van der Waals surface area contributed by atoms with Gasteiger partial charge in [-0.1, -0.05) is 12.1 Å². The Morgan fingerprint density at radius 3 is 2.52 bits per heavy atom. The Balaban J connectivity index is 2.15. The number of halogens is 1. The Bertz CT molecular complexity index is 574. The molecule has 7 heteroatoms. The van der Waals surface area contributed by atoms with Gasteiger partial charge in [0.15, 0.2) is 0 Å². The average molecular weight is 316 g/mol. The summed E-state index contributed by atoms with van der Waals surface area (Å²) in [5.41, 5.74) is 0.543. The number of hydrogen-bond acceptors (Lipinski definition) is 4. The fourth-order valence-corrected chi connectivity index (χ4v) is 4.45. The van der Waals surface area contributed by atoms with E-state index in [1.165, 1.54) is 28.6 Å². The summed E-state index contributed by atoms with van der Waals surface area (Å²) in [7, 11) is 0.212. The fraction of sp³-hybridized carbons (Fsp3) is 0.571. The maximum atomic E-state index is 12.9. The Morgan fingerprint density at radius 1 is 1.33 bits per heavy atom. The van der Waals surface area contributed by atoms with Gasteiger partial charge < -0.3 is 10.0 Å². The zero-order valence-corrected chi connectivity index (χ0v) is 13.1. The summed E-state index contributed by atoms with van der Waals surface area (Å²) in [5.74, 6) is -0.567. The lowest BCUT2D eigenvalue weighted by atomic mass is 10.2. The van der Waals surface area contributed by atoms with E-state index < -0.39 is 21.9 Å².